The standard InChI is InChI=1S/C21H22N6O6/c28-7-14-16(29)17(30)20(33-14)27-9-25-15-18(23-8-24-19(15)27)26-13(21(31)32)5-10-6-22-12-4-2-1-3-11(10)12/h1-4,6,8-9,13-14,16-17,20,22,28-30H,5,7H2,(H,31,32)(H,23,24,26)/t13-,14+,16?,17-,20+/m0/s1. The van der Waals surface area contributed by atoms with Crippen molar-refractivity contribution in [1.82, 2.24) is 24.5 Å². The SMILES string of the molecule is O=C(O)[C@H](Cc1c[nH]c2ccccc12)Nc1ncnc2c1ncn2[C@@H]1O[C@H](CO)C(O)[C@@H]1O. The van der Waals surface area contributed by atoms with E-state index < -0.39 is 43.2 Å². The Morgan fingerprint density at radius 3 is 2.79 bits per heavy atom. The maximum Gasteiger partial charge on any atom is 0.326 e. The fourth-order valence-electron chi connectivity index (χ4n) is 4.14. The zero-order chi connectivity index (χ0) is 23.1. The molecule has 5 atom stereocenters. The molecule has 12 heteroatoms. The number of benzene rings is 1. The lowest BCUT2D eigenvalue weighted by Gasteiger charge is -2.17. The van der Waals surface area contributed by atoms with Crippen LogP contribution in [0.3, 0.4) is 0 Å². The zero-order valence-electron chi connectivity index (χ0n) is 17.2. The van der Waals surface area contributed by atoms with Gasteiger partial charge in [-0.1, -0.05) is 18.2 Å². The largest absolute Gasteiger partial charge is 0.480 e. The number of aliphatic hydroxyl groups is 3. The van der Waals surface area contributed by atoms with Gasteiger partial charge >= 0.3 is 5.97 Å². The number of imidazole rings is 1. The predicted octanol–water partition coefficient (Wildman–Crippen LogP) is 0.0269. The average Bonchev–Trinajstić information content (AvgIpc) is 3.50. The molecular formula is C21H22N6O6. The van der Waals surface area contributed by atoms with Gasteiger partial charge in [-0.2, -0.15) is 0 Å². The van der Waals surface area contributed by atoms with Crippen LogP contribution in [0.25, 0.3) is 22.1 Å². The molecule has 1 aliphatic heterocycles. The molecule has 5 rings (SSSR count). The molecule has 1 aliphatic rings. The Morgan fingerprint density at radius 2 is 2.03 bits per heavy atom. The van der Waals surface area contributed by atoms with E-state index in [2.05, 4.69) is 25.3 Å². The Labute approximate surface area is 186 Å². The lowest BCUT2D eigenvalue weighted by atomic mass is 10.1. The van der Waals surface area contributed by atoms with Gasteiger partial charge in [-0.25, -0.2) is 19.7 Å². The third kappa shape index (κ3) is 3.68. The Hall–Kier alpha value is -3.58. The maximum atomic E-state index is 12.0. The normalized spacial score (nSPS) is 23.8. The van der Waals surface area contributed by atoms with Gasteiger partial charge in [-0.3, -0.25) is 4.57 Å². The average molecular weight is 454 g/mol. The summed E-state index contributed by atoms with van der Waals surface area (Å²) >= 11 is 0. The fraction of sp³-hybridized carbons (Fsp3) is 0.333. The third-order valence-electron chi connectivity index (χ3n) is 5.86. The second-order valence-corrected chi connectivity index (χ2v) is 7.87. The van der Waals surface area contributed by atoms with Gasteiger partial charge in [0.25, 0.3) is 0 Å². The number of nitrogens with one attached hydrogen (secondary N) is 2. The van der Waals surface area contributed by atoms with Gasteiger partial charge in [0.1, 0.15) is 30.7 Å². The van der Waals surface area contributed by atoms with Crippen molar-refractivity contribution in [3.8, 4) is 0 Å². The predicted molar refractivity (Wildman–Crippen MR) is 115 cm³/mol. The monoisotopic (exact) mass is 454 g/mol. The lowest BCUT2D eigenvalue weighted by Crippen LogP contribution is -2.33. The number of nitrogens with zero attached hydrogens (tertiary/aromatic N) is 4. The summed E-state index contributed by atoms with van der Waals surface area (Å²) in [7, 11) is 0. The van der Waals surface area contributed by atoms with Gasteiger partial charge < -0.3 is 35.5 Å². The number of carboxylic acids is 1. The van der Waals surface area contributed by atoms with Crippen molar-refractivity contribution in [2.75, 3.05) is 11.9 Å². The number of H-pyrrole nitrogens is 1. The van der Waals surface area contributed by atoms with Gasteiger partial charge in [0.15, 0.2) is 23.2 Å². The Balaban J connectivity index is 1.44. The van der Waals surface area contributed by atoms with E-state index in [0.717, 1.165) is 16.5 Å². The number of fused-ring (bicyclic) bond motifs is 2. The number of aliphatic carboxylic acids is 1. The number of aliphatic hydroxyl groups excluding tert-OH is 3. The van der Waals surface area contributed by atoms with Gasteiger partial charge in [-0.05, 0) is 11.6 Å². The van der Waals surface area contributed by atoms with Crippen molar-refractivity contribution in [1.29, 1.82) is 0 Å². The summed E-state index contributed by atoms with van der Waals surface area (Å²) in [6.07, 6.45) is 0.0360. The van der Waals surface area contributed by atoms with Crippen LogP contribution in [0.4, 0.5) is 5.82 Å². The Bertz CT molecular complexity index is 1300. The molecule has 1 unspecified atom stereocenters. The number of hydrogen-bond donors (Lipinski definition) is 6. The van der Waals surface area contributed by atoms with Crippen molar-refractivity contribution in [2.45, 2.75) is 37.0 Å². The van der Waals surface area contributed by atoms with Crippen molar-refractivity contribution in [3.05, 3.63) is 48.7 Å². The van der Waals surface area contributed by atoms with E-state index >= 15 is 0 Å². The first-order chi connectivity index (χ1) is 16.0. The maximum absolute atomic E-state index is 12.0. The van der Waals surface area contributed by atoms with Crippen LogP contribution in [0.2, 0.25) is 0 Å². The molecule has 0 spiro atoms. The van der Waals surface area contributed by atoms with Gasteiger partial charge in [0.2, 0.25) is 0 Å². The van der Waals surface area contributed by atoms with Crippen LogP contribution in [0.5, 0.6) is 0 Å². The summed E-state index contributed by atoms with van der Waals surface area (Å²) in [5.41, 5.74) is 2.31. The molecule has 0 radical (unpaired) electrons. The van der Waals surface area contributed by atoms with Crippen LogP contribution in [-0.2, 0) is 16.0 Å². The van der Waals surface area contributed by atoms with Crippen molar-refractivity contribution < 1.29 is 30.0 Å². The summed E-state index contributed by atoms with van der Waals surface area (Å²) in [6, 6.07) is 6.63. The molecule has 0 bridgehead atoms. The van der Waals surface area contributed by atoms with Crippen molar-refractivity contribution in [2.24, 2.45) is 0 Å². The summed E-state index contributed by atoms with van der Waals surface area (Å²) < 4.78 is 6.97. The van der Waals surface area contributed by atoms with Crippen LogP contribution in [0.1, 0.15) is 11.8 Å². The van der Waals surface area contributed by atoms with Crippen LogP contribution in [0.15, 0.2) is 43.1 Å². The number of aromatic nitrogens is 5. The molecule has 4 aromatic rings. The second kappa shape index (κ2) is 8.41. The molecule has 172 valence electrons. The molecular weight excluding hydrogens is 432 g/mol. The lowest BCUT2D eigenvalue weighted by molar-refractivity contribution is -0.137. The number of anilines is 1. The number of rotatable bonds is 7. The zero-order valence-corrected chi connectivity index (χ0v) is 17.2. The minimum atomic E-state index is -1.31. The first-order valence-electron chi connectivity index (χ1n) is 10.3. The topological polar surface area (TPSA) is 179 Å². The highest BCUT2D eigenvalue weighted by molar-refractivity contribution is 5.88. The van der Waals surface area contributed by atoms with E-state index in [9.17, 15) is 25.2 Å². The Morgan fingerprint density at radius 1 is 1.21 bits per heavy atom. The molecule has 33 heavy (non-hydrogen) atoms. The quantitative estimate of drug-likeness (QED) is 0.223. The number of aromatic amines is 1. The van der Waals surface area contributed by atoms with E-state index in [1.165, 1.54) is 17.2 Å². The summed E-state index contributed by atoms with van der Waals surface area (Å²) in [5.74, 6) is -0.854. The Kier molecular flexibility index (Phi) is 5.42. The van der Waals surface area contributed by atoms with Crippen LogP contribution < -0.4 is 5.32 Å². The van der Waals surface area contributed by atoms with Crippen LogP contribution in [-0.4, -0.2) is 81.9 Å². The number of carbonyl (C=O) groups is 1. The van der Waals surface area contributed by atoms with Crippen LogP contribution in [0, 0.1) is 0 Å². The van der Waals surface area contributed by atoms with Crippen molar-refractivity contribution in [3.63, 3.8) is 0 Å². The first-order valence-corrected chi connectivity index (χ1v) is 10.3. The van der Waals surface area contributed by atoms with E-state index in [0.29, 0.717) is 0 Å². The van der Waals surface area contributed by atoms with Gasteiger partial charge in [-0.15, -0.1) is 0 Å². The van der Waals surface area contributed by atoms with E-state index in [4.69, 9.17) is 4.74 Å². The molecule has 1 saturated heterocycles. The summed E-state index contributed by atoms with van der Waals surface area (Å²) in [5, 5.41) is 43.4. The first kappa shape index (κ1) is 21.3. The molecule has 1 fully saturated rings. The smallest absolute Gasteiger partial charge is 0.326 e. The molecule has 12 nitrogen and oxygen atoms in total. The highest BCUT2D eigenvalue weighted by Gasteiger charge is 2.44. The molecule has 1 aromatic carbocycles. The summed E-state index contributed by atoms with van der Waals surface area (Å²) in [4.78, 5) is 27.8. The molecule has 0 amide bonds. The number of hydrogen-bond acceptors (Lipinski definition) is 9. The minimum Gasteiger partial charge on any atom is -0.480 e. The van der Waals surface area contributed by atoms with E-state index in [-0.39, 0.29) is 23.4 Å². The van der Waals surface area contributed by atoms with Gasteiger partial charge in [0.05, 0.1) is 12.9 Å². The van der Waals surface area contributed by atoms with Gasteiger partial charge in [0, 0.05) is 23.5 Å². The molecule has 3 aromatic heterocycles. The van der Waals surface area contributed by atoms with E-state index in [1.54, 1.807) is 6.20 Å². The summed E-state index contributed by atoms with van der Waals surface area (Å²) in [6.45, 7) is -0.461. The highest BCUT2D eigenvalue weighted by Crippen LogP contribution is 2.32. The fourth-order valence-corrected chi connectivity index (χ4v) is 4.14. The third-order valence-corrected chi connectivity index (χ3v) is 5.86. The number of ether oxygens (including phenoxy) is 1. The number of carboxylic acid groups (broad SMARTS) is 1. The number of para-hydroxylation sites is 1. The molecule has 0 saturated carbocycles. The highest BCUT2D eigenvalue weighted by atomic mass is 16.6. The van der Waals surface area contributed by atoms with E-state index in [1.807, 2.05) is 24.3 Å². The molecule has 0 aliphatic carbocycles. The minimum absolute atomic E-state index is 0.195. The molecule has 4 heterocycles. The van der Waals surface area contributed by atoms with Crippen LogP contribution >= 0.6 is 0 Å². The molecule has 6 N–H and O–H groups in total. The van der Waals surface area contributed by atoms with Crippen molar-refractivity contribution >= 4 is 33.9 Å². The second-order valence-electron chi connectivity index (χ2n) is 7.87.